The van der Waals surface area contributed by atoms with Crippen LogP contribution in [0.1, 0.15) is 12.7 Å². The molecule has 0 bridgehead atoms. The number of rotatable bonds is 4. The molecule has 4 heteroatoms. The Kier molecular flexibility index (Phi) is 5.14. The minimum absolute atomic E-state index is 0.875. The maximum atomic E-state index is 6.27. The second-order valence-corrected chi connectivity index (χ2v) is 11.1. The molecule has 0 amide bonds. The van der Waals surface area contributed by atoms with Crippen molar-refractivity contribution in [2.24, 2.45) is 0 Å². The van der Waals surface area contributed by atoms with Crippen molar-refractivity contribution in [2.45, 2.75) is 13.3 Å². The highest BCUT2D eigenvalue weighted by Gasteiger charge is 2.14. The predicted molar refractivity (Wildman–Crippen MR) is 176 cm³/mol. The summed E-state index contributed by atoms with van der Waals surface area (Å²) in [6.07, 6.45) is 0.878. The summed E-state index contributed by atoms with van der Waals surface area (Å²) in [6, 6.07) is 44.7. The third kappa shape index (κ3) is 3.73. The van der Waals surface area contributed by atoms with Crippen molar-refractivity contribution in [1.29, 1.82) is 0 Å². The van der Waals surface area contributed by atoms with Crippen LogP contribution in [0.4, 0.5) is 0 Å². The van der Waals surface area contributed by atoms with Crippen LogP contribution in [0.2, 0.25) is 0 Å². The van der Waals surface area contributed by atoms with Crippen LogP contribution in [0.3, 0.4) is 0 Å². The third-order valence-corrected chi connectivity index (χ3v) is 8.59. The van der Waals surface area contributed by atoms with Crippen LogP contribution < -0.4 is 0 Å². The molecule has 0 fully saturated rings. The Labute approximate surface area is 247 Å². The standard InChI is InChI=1S/C39H26N2O2/c1-2-39-40-33-8-4-5-9-34(33)41(39)28-18-15-25(16-19-28)24-11-13-26(14-12-24)27-17-20-36-30(21-27)32-23-37-31(22-38(32)43-36)29-7-3-6-10-35(29)42-37/h3-23H,2H2,1H3. The summed E-state index contributed by atoms with van der Waals surface area (Å²) < 4.78 is 14.7. The summed E-state index contributed by atoms with van der Waals surface area (Å²) in [4.78, 5) is 4.83. The van der Waals surface area contributed by atoms with Gasteiger partial charge in [0.1, 0.15) is 28.2 Å². The number of nitrogens with zero attached hydrogens (tertiary/aromatic N) is 2. The van der Waals surface area contributed by atoms with Gasteiger partial charge in [-0.2, -0.15) is 0 Å². The number of hydrogen-bond acceptors (Lipinski definition) is 3. The molecule has 6 aromatic carbocycles. The molecule has 0 spiro atoms. The van der Waals surface area contributed by atoms with E-state index in [4.69, 9.17) is 13.8 Å². The largest absolute Gasteiger partial charge is 0.456 e. The first kappa shape index (κ1) is 24.0. The van der Waals surface area contributed by atoms with Crippen LogP contribution in [-0.2, 0) is 6.42 Å². The number of aryl methyl sites for hydroxylation is 1. The van der Waals surface area contributed by atoms with Crippen LogP contribution in [0.25, 0.3) is 82.9 Å². The quantitative estimate of drug-likeness (QED) is 0.217. The normalized spacial score (nSPS) is 11.9. The maximum Gasteiger partial charge on any atom is 0.136 e. The van der Waals surface area contributed by atoms with E-state index in [0.29, 0.717) is 0 Å². The molecule has 0 unspecified atom stereocenters. The van der Waals surface area contributed by atoms with Gasteiger partial charge in [0, 0.05) is 33.7 Å². The lowest BCUT2D eigenvalue weighted by Gasteiger charge is -2.10. The first-order chi connectivity index (χ1) is 21.2. The van der Waals surface area contributed by atoms with E-state index < -0.39 is 0 Å². The van der Waals surface area contributed by atoms with Gasteiger partial charge in [-0.25, -0.2) is 4.98 Å². The lowest BCUT2D eigenvalue weighted by molar-refractivity contribution is 0.664. The smallest absolute Gasteiger partial charge is 0.136 e. The topological polar surface area (TPSA) is 44.1 Å². The van der Waals surface area contributed by atoms with E-state index >= 15 is 0 Å². The minimum atomic E-state index is 0.875. The number of aromatic nitrogens is 2. The fraction of sp³-hybridized carbons (Fsp3) is 0.0513. The summed E-state index contributed by atoms with van der Waals surface area (Å²) >= 11 is 0. The summed E-state index contributed by atoms with van der Waals surface area (Å²) in [5, 5.41) is 4.34. The highest BCUT2D eigenvalue weighted by atomic mass is 16.3. The Morgan fingerprint density at radius 1 is 0.512 bits per heavy atom. The molecular formula is C39H26N2O2. The van der Waals surface area contributed by atoms with E-state index in [0.717, 1.165) is 78.4 Å². The minimum Gasteiger partial charge on any atom is -0.456 e. The summed E-state index contributed by atoms with van der Waals surface area (Å²) in [5.74, 6) is 1.07. The molecule has 0 aliphatic rings. The zero-order valence-electron chi connectivity index (χ0n) is 23.5. The van der Waals surface area contributed by atoms with Crippen molar-refractivity contribution in [3.63, 3.8) is 0 Å². The third-order valence-electron chi connectivity index (χ3n) is 8.59. The molecule has 9 aromatic rings. The van der Waals surface area contributed by atoms with Gasteiger partial charge in [-0.3, -0.25) is 4.57 Å². The Bertz CT molecular complexity index is 2470. The molecule has 0 radical (unpaired) electrons. The maximum absolute atomic E-state index is 6.27. The highest BCUT2D eigenvalue weighted by molar-refractivity contribution is 6.15. The van der Waals surface area contributed by atoms with Gasteiger partial charge in [-0.15, -0.1) is 0 Å². The van der Waals surface area contributed by atoms with Gasteiger partial charge in [0.15, 0.2) is 0 Å². The summed E-state index contributed by atoms with van der Waals surface area (Å²) in [5.41, 5.74) is 11.5. The van der Waals surface area contributed by atoms with E-state index in [1.165, 1.54) is 16.7 Å². The van der Waals surface area contributed by atoms with Crippen molar-refractivity contribution in [1.82, 2.24) is 9.55 Å². The molecule has 0 aliphatic heterocycles. The Morgan fingerprint density at radius 2 is 1.07 bits per heavy atom. The molecule has 9 rings (SSSR count). The zero-order chi connectivity index (χ0) is 28.5. The van der Waals surface area contributed by atoms with Crippen molar-refractivity contribution >= 4 is 54.9 Å². The van der Waals surface area contributed by atoms with Crippen LogP contribution >= 0.6 is 0 Å². The first-order valence-corrected chi connectivity index (χ1v) is 14.7. The number of furan rings is 2. The van der Waals surface area contributed by atoms with Crippen molar-refractivity contribution in [3.05, 3.63) is 133 Å². The summed E-state index contributed by atoms with van der Waals surface area (Å²) in [7, 11) is 0. The average Bonchev–Trinajstić information content (AvgIpc) is 3.74. The monoisotopic (exact) mass is 554 g/mol. The number of para-hydroxylation sites is 3. The highest BCUT2D eigenvalue weighted by Crippen LogP contribution is 2.38. The molecule has 0 saturated carbocycles. The lowest BCUT2D eigenvalue weighted by atomic mass is 9.99. The Hall–Kier alpha value is -5.61. The number of fused-ring (bicyclic) bond motifs is 7. The van der Waals surface area contributed by atoms with Crippen LogP contribution in [0.15, 0.2) is 136 Å². The predicted octanol–water partition coefficient (Wildman–Crippen LogP) is 10.7. The molecule has 204 valence electrons. The van der Waals surface area contributed by atoms with E-state index in [-0.39, 0.29) is 0 Å². The van der Waals surface area contributed by atoms with E-state index in [9.17, 15) is 0 Å². The lowest BCUT2D eigenvalue weighted by Crippen LogP contribution is -1.99. The SMILES string of the molecule is CCc1nc2ccccc2n1-c1ccc(-c2ccc(-c3ccc4oc5cc6c(cc5c4c3)oc3ccccc36)cc2)cc1. The molecule has 3 heterocycles. The zero-order valence-corrected chi connectivity index (χ0v) is 23.5. The Morgan fingerprint density at radius 3 is 1.81 bits per heavy atom. The molecule has 0 N–H and O–H groups in total. The van der Waals surface area contributed by atoms with Crippen molar-refractivity contribution in [3.8, 4) is 27.9 Å². The Balaban J connectivity index is 1.05. The van der Waals surface area contributed by atoms with E-state index in [2.05, 4.69) is 115 Å². The van der Waals surface area contributed by atoms with Crippen LogP contribution in [0.5, 0.6) is 0 Å². The van der Waals surface area contributed by atoms with Gasteiger partial charge in [0.25, 0.3) is 0 Å². The fourth-order valence-corrected chi connectivity index (χ4v) is 6.43. The van der Waals surface area contributed by atoms with E-state index in [1.54, 1.807) is 0 Å². The second-order valence-electron chi connectivity index (χ2n) is 11.1. The molecule has 0 saturated heterocycles. The van der Waals surface area contributed by atoms with Gasteiger partial charge in [-0.1, -0.05) is 79.7 Å². The van der Waals surface area contributed by atoms with Gasteiger partial charge in [-0.05, 0) is 76.9 Å². The van der Waals surface area contributed by atoms with Gasteiger partial charge in [0.2, 0.25) is 0 Å². The van der Waals surface area contributed by atoms with Crippen LogP contribution in [0, 0.1) is 0 Å². The molecule has 0 aliphatic carbocycles. The number of imidazole rings is 1. The summed E-state index contributed by atoms with van der Waals surface area (Å²) in [6.45, 7) is 2.15. The van der Waals surface area contributed by atoms with Crippen molar-refractivity contribution in [2.75, 3.05) is 0 Å². The van der Waals surface area contributed by atoms with Crippen LogP contribution in [-0.4, -0.2) is 9.55 Å². The van der Waals surface area contributed by atoms with E-state index in [1.807, 2.05) is 24.3 Å². The molecular weight excluding hydrogens is 528 g/mol. The average molecular weight is 555 g/mol. The number of benzene rings is 6. The molecule has 43 heavy (non-hydrogen) atoms. The molecule has 4 nitrogen and oxygen atoms in total. The first-order valence-electron chi connectivity index (χ1n) is 14.7. The van der Waals surface area contributed by atoms with Gasteiger partial charge in [0.05, 0.1) is 11.0 Å². The van der Waals surface area contributed by atoms with Gasteiger partial charge >= 0.3 is 0 Å². The molecule has 0 atom stereocenters. The van der Waals surface area contributed by atoms with Crippen molar-refractivity contribution < 1.29 is 8.83 Å². The fourth-order valence-electron chi connectivity index (χ4n) is 6.43. The molecule has 3 aromatic heterocycles. The number of hydrogen-bond donors (Lipinski definition) is 0. The second kappa shape index (κ2) is 9.20. The van der Waals surface area contributed by atoms with Gasteiger partial charge < -0.3 is 8.83 Å².